The van der Waals surface area contributed by atoms with E-state index < -0.39 is 21.8 Å². The molecule has 33 heavy (non-hydrogen) atoms. The number of anilines is 3. The normalized spacial score (nSPS) is 15.5. The second-order valence-electron chi connectivity index (χ2n) is 7.52. The quantitative estimate of drug-likeness (QED) is 0.601. The van der Waals surface area contributed by atoms with E-state index in [2.05, 4.69) is 20.3 Å². The van der Waals surface area contributed by atoms with Gasteiger partial charge in [-0.3, -0.25) is 0 Å². The Kier molecular flexibility index (Phi) is 6.21. The van der Waals surface area contributed by atoms with E-state index in [9.17, 15) is 21.6 Å². The molecule has 1 aliphatic heterocycles. The number of aryl methyl sites for hydroxylation is 1. The Bertz CT molecular complexity index is 1230. The van der Waals surface area contributed by atoms with Gasteiger partial charge in [0.25, 0.3) is 0 Å². The molecule has 1 aromatic carbocycles. The Hall–Kier alpha value is -3.25. The second kappa shape index (κ2) is 8.94. The Morgan fingerprint density at radius 1 is 0.909 bits per heavy atom. The fraction of sp³-hybridized carbons (Fsp3) is 0.286. The highest BCUT2D eigenvalue weighted by Gasteiger charge is 2.32. The van der Waals surface area contributed by atoms with Gasteiger partial charge in [-0.1, -0.05) is 0 Å². The van der Waals surface area contributed by atoms with Crippen molar-refractivity contribution in [2.75, 3.05) is 36.4 Å². The van der Waals surface area contributed by atoms with Crippen LogP contribution in [0.25, 0.3) is 0 Å². The van der Waals surface area contributed by atoms with E-state index in [1.165, 1.54) is 10.6 Å². The van der Waals surface area contributed by atoms with Crippen LogP contribution in [0, 0.1) is 6.92 Å². The monoisotopic (exact) mass is 478 g/mol. The van der Waals surface area contributed by atoms with Gasteiger partial charge in [-0.15, -0.1) is 0 Å². The van der Waals surface area contributed by atoms with E-state index >= 15 is 0 Å². The van der Waals surface area contributed by atoms with Gasteiger partial charge in [0.1, 0.15) is 23.8 Å². The fourth-order valence-corrected chi connectivity index (χ4v) is 4.87. The maximum atomic E-state index is 12.9. The van der Waals surface area contributed by atoms with E-state index in [-0.39, 0.29) is 18.0 Å². The third-order valence-electron chi connectivity index (χ3n) is 5.21. The van der Waals surface area contributed by atoms with Crippen LogP contribution in [0.5, 0.6) is 0 Å². The summed E-state index contributed by atoms with van der Waals surface area (Å²) in [6, 6.07) is 9.06. The highest BCUT2D eigenvalue weighted by Crippen LogP contribution is 2.30. The van der Waals surface area contributed by atoms with Crippen molar-refractivity contribution in [3.8, 4) is 0 Å². The molecular weight excluding hydrogens is 457 g/mol. The molecule has 1 fully saturated rings. The van der Waals surface area contributed by atoms with Crippen LogP contribution in [-0.4, -0.2) is 53.9 Å². The first-order chi connectivity index (χ1) is 15.6. The zero-order valence-electron chi connectivity index (χ0n) is 17.6. The predicted octanol–water partition coefficient (Wildman–Crippen LogP) is 3.45. The summed E-state index contributed by atoms with van der Waals surface area (Å²) in [4.78, 5) is 14.5. The number of piperazine rings is 1. The number of hydrogen-bond donors (Lipinski definition) is 1. The van der Waals surface area contributed by atoms with E-state index in [1.54, 1.807) is 12.3 Å². The summed E-state index contributed by atoms with van der Waals surface area (Å²) in [5.74, 6) is 1.83. The van der Waals surface area contributed by atoms with Crippen molar-refractivity contribution in [2.24, 2.45) is 0 Å². The molecule has 1 saturated heterocycles. The molecule has 0 amide bonds. The number of sulfonamides is 1. The molecule has 2 aromatic heterocycles. The average Bonchev–Trinajstić information content (AvgIpc) is 2.79. The van der Waals surface area contributed by atoms with Crippen LogP contribution in [0.4, 0.5) is 30.6 Å². The van der Waals surface area contributed by atoms with E-state index in [0.29, 0.717) is 30.5 Å². The van der Waals surface area contributed by atoms with Crippen LogP contribution in [-0.2, 0) is 16.2 Å². The number of halogens is 3. The number of benzene rings is 1. The lowest BCUT2D eigenvalue weighted by atomic mass is 10.2. The Morgan fingerprint density at radius 3 is 2.21 bits per heavy atom. The first kappa shape index (κ1) is 22.9. The average molecular weight is 479 g/mol. The van der Waals surface area contributed by atoms with Gasteiger partial charge in [0, 0.05) is 38.4 Å². The summed E-state index contributed by atoms with van der Waals surface area (Å²) in [6.45, 7) is 3.06. The molecule has 8 nitrogen and oxygen atoms in total. The smallest absolute Gasteiger partial charge is 0.354 e. The summed E-state index contributed by atoms with van der Waals surface area (Å²) in [5.41, 5.74) is 0.160. The Morgan fingerprint density at radius 2 is 1.58 bits per heavy atom. The lowest BCUT2D eigenvalue weighted by Gasteiger charge is -2.34. The molecule has 1 aliphatic rings. The minimum absolute atomic E-state index is 0.164. The number of pyridine rings is 1. The lowest BCUT2D eigenvalue weighted by Crippen LogP contribution is -2.48. The Balaban J connectivity index is 1.42. The first-order valence-electron chi connectivity index (χ1n) is 10.1. The number of hydrogen-bond acceptors (Lipinski definition) is 7. The third kappa shape index (κ3) is 5.22. The maximum Gasteiger partial charge on any atom is 0.416 e. The lowest BCUT2D eigenvalue weighted by molar-refractivity contribution is -0.137. The van der Waals surface area contributed by atoms with Gasteiger partial charge < -0.3 is 10.2 Å². The standard InChI is InChI=1S/C21H21F3N6O2S/c1-15-6-7-25-18(12-15)28-19-13-20(27-14-26-19)29-8-10-30(11-9-29)33(31,32)17-4-2-16(3-5-17)21(22,23)24/h2-7,12-14H,8-11H2,1H3,(H,25,26,27,28). The zero-order chi connectivity index (χ0) is 23.6. The van der Waals surface area contributed by atoms with E-state index in [4.69, 9.17) is 0 Å². The topological polar surface area (TPSA) is 91.3 Å². The van der Waals surface area contributed by atoms with Crippen LogP contribution in [0.1, 0.15) is 11.1 Å². The van der Waals surface area contributed by atoms with Crippen molar-refractivity contribution < 1.29 is 21.6 Å². The van der Waals surface area contributed by atoms with Crippen molar-refractivity contribution in [1.29, 1.82) is 0 Å². The molecule has 12 heteroatoms. The van der Waals surface area contributed by atoms with Crippen LogP contribution in [0.15, 0.2) is 59.9 Å². The summed E-state index contributed by atoms with van der Waals surface area (Å²) < 4.78 is 65.3. The number of rotatable bonds is 5. The molecule has 0 saturated carbocycles. The van der Waals surface area contributed by atoms with Crippen molar-refractivity contribution in [3.05, 3.63) is 66.1 Å². The molecule has 4 rings (SSSR count). The third-order valence-corrected chi connectivity index (χ3v) is 7.12. The van der Waals surface area contributed by atoms with Gasteiger partial charge in [-0.25, -0.2) is 23.4 Å². The second-order valence-corrected chi connectivity index (χ2v) is 9.46. The van der Waals surface area contributed by atoms with Gasteiger partial charge in [-0.2, -0.15) is 17.5 Å². The minimum atomic E-state index is -4.52. The molecule has 3 heterocycles. The van der Waals surface area contributed by atoms with E-state index in [1.807, 2.05) is 24.0 Å². The molecule has 0 bridgehead atoms. The van der Waals surface area contributed by atoms with Crippen molar-refractivity contribution >= 4 is 27.5 Å². The molecule has 0 aliphatic carbocycles. The zero-order valence-corrected chi connectivity index (χ0v) is 18.4. The number of aromatic nitrogens is 3. The molecule has 0 spiro atoms. The molecule has 3 aromatic rings. The van der Waals surface area contributed by atoms with Crippen molar-refractivity contribution in [2.45, 2.75) is 18.0 Å². The fourth-order valence-electron chi connectivity index (χ4n) is 3.45. The van der Waals surface area contributed by atoms with Crippen LogP contribution < -0.4 is 10.2 Å². The summed E-state index contributed by atoms with van der Waals surface area (Å²) in [7, 11) is -3.90. The number of nitrogens with zero attached hydrogens (tertiary/aromatic N) is 5. The summed E-state index contributed by atoms with van der Waals surface area (Å²) >= 11 is 0. The highest BCUT2D eigenvalue weighted by molar-refractivity contribution is 7.89. The number of nitrogens with one attached hydrogen (secondary N) is 1. The van der Waals surface area contributed by atoms with Gasteiger partial charge in [-0.05, 0) is 48.9 Å². The molecular formula is C21H21F3N6O2S. The number of alkyl halides is 3. The molecule has 174 valence electrons. The maximum absolute atomic E-state index is 12.9. The van der Waals surface area contributed by atoms with Crippen LogP contribution in [0.3, 0.4) is 0 Å². The van der Waals surface area contributed by atoms with Gasteiger partial charge in [0.15, 0.2) is 0 Å². The Labute approximate surface area is 189 Å². The summed E-state index contributed by atoms with van der Waals surface area (Å²) in [6.07, 6.45) is -1.41. The van der Waals surface area contributed by atoms with Crippen LogP contribution in [0.2, 0.25) is 0 Å². The minimum Gasteiger partial charge on any atom is -0.354 e. The van der Waals surface area contributed by atoms with Crippen molar-refractivity contribution in [3.63, 3.8) is 0 Å². The highest BCUT2D eigenvalue weighted by atomic mass is 32.2. The van der Waals surface area contributed by atoms with Gasteiger partial charge in [0.05, 0.1) is 10.5 Å². The van der Waals surface area contributed by atoms with Gasteiger partial charge in [0.2, 0.25) is 10.0 Å². The summed E-state index contributed by atoms with van der Waals surface area (Å²) in [5, 5.41) is 3.12. The molecule has 0 radical (unpaired) electrons. The first-order valence-corrected chi connectivity index (χ1v) is 11.5. The predicted molar refractivity (Wildman–Crippen MR) is 117 cm³/mol. The van der Waals surface area contributed by atoms with Gasteiger partial charge >= 0.3 is 6.18 Å². The van der Waals surface area contributed by atoms with Crippen molar-refractivity contribution in [1.82, 2.24) is 19.3 Å². The molecule has 0 atom stereocenters. The van der Waals surface area contributed by atoms with E-state index in [0.717, 1.165) is 29.8 Å². The largest absolute Gasteiger partial charge is 0.416 e. The molecule has 1 N–H and O–H groups in total. The van der Waals surface area contributed by atoms with Crippen LogP contribution >= 0.6 is 0 Å². The SMILES string of the molecule is Cc1ccnc(Nc2cc(N3CCN(S(=O)(=O)c4ccc(C(F)(F)F)cc4)CC3)ncn2)c1. The molecule has 0 unspecified atom stereocenters.